The van der Waals surface area contributed by atoms with Crippen LogP contribution in [0.2, 0.25) is 0 Å². The maximum Gasteiger partial charge on any atom is 0.241 e. The molecule has 0 aliphatic carbocycles. The summed E-state index contributed by atoms with van der Waals surface area (Å²) < 4.78 is 0. The molecule has 1 fully saturated rings. The predicted molar refractivity (Wildman–Crippen MR) is 58.1 cm³/mol. The number of carbonyl (C=O) groups excluding carboxylic acids is 1. The zero-order valence-corrected chi connectivity index (χ0v) is 9.28. The molecular weight excluding hydrogens is 204 g/mol. The number of nitrogens with zero attached hydrogens (tertiary/aromatic N) is 3. The molecule has 0 aromatic carbocycles. The van der Waals surface area contributed by atoms with Crippen molar-refractivity contribution in [3.05, 3.63) is 0 Å². The number of nitriles is 2. The van der Waals surface area contributed by atoms with Crippen molar-refractivity contribution in [1.29, 1.82) is 10.5 Å². The van der Waals surface area contributed by atoms with Crippen LogP contribution in [0.15, 0.2) is 0 Å². The average molecular weight is 220 g/mol. The van der Waals surface area contributed by atoms with Crippen molar-refractivity contribution in [2.24, 2.45) is 0 Å². The third-order valence-corrected chi connectivity index (χ3v) is 2.69. The van der Waals surface area contributed by atoms with Gasteiger partial charge < -0.3 is 10.2 Å². The Balaban J connectivity index is 2.58. The van der Waals surface area contributed by atoms with Crippen LogP contribution in [0.3, 0.4) is 0 Å². The van der Waals surface area contributed by atoms with Gasteiger partial charge in [0.2, 0.25) is 5.91 Å². The number of hydrogen-bond acceptors (Lipinski definition) is 4. The van der Waals surface area contributed by atoms with Gasteiger partial charge in [-0.1, -0.05) is 12.8 Å². The number of hydrogen-bond donors (Lipinski definition) is 1. The Morgan fingerprint density at radius 1 is 1.25 bits per heavy atom. The van der Waals surface area contributed by atoms with Gasteiger partial charge in [-0.3, -0.25) is 4.79 Å². The molecule has 0 saturated carbocycles. The van der Waals surface area contributed by atoms with E-state index in [2.05, 4.69) is 5.32 Å². The SMILES string of the molecule is N#CCN(CC#N)C(=O)C1CCCCCN1. The minimum Gasteiger partial charge on any atom is -0.315 e. The Hall–Kier alpha value is -1.59. The molecule has 1 saturated heterocycles. The molecule has 1 atom stereocenters. The van der Waals surface area contributed by atoms with E-state index in [4.69, 9.17) is 10.5 Å². The molecule has 1 amide bonds. The first-order valence-corrected chi connectivity index (χ1v) is 5.55. The van der Waals surface area contributed by atoms with Crippen molar-refractivity contribution in [2.75, 3.05) is 19.6 Å². The summed E-state index contributed by atoms with van der Waals surface area (Å²) in [5.74, 6) is -0.120. The van der Waals surface area contributed by atoms with Gasteiger partial charge in [-0.25, -0.2) is 0 Å². The Morgan fingerprint density at radius 2 is 1.94 bits per heavy atom. The lowest BCUT2D eigenvalue weighted by Gasteiger charge is -2.22. The molecule has 1 aliphatic heterocycles. The lowest BCUT2D eigenvalue weighted by Crippen LogP contribution is -2.46. The highest BCUT2D eigenvalue weighted by Crippen LogP contribution is 2.10. The smallest absolute Gasteiger partial charge is 0.241 e. The Kier molecular flexibility index (Phi) is 5.31. The van der Waals surface area contributed by atoms with Gasteiger partial charge in [-0.2, -0.15) is 10.5 Å². The van der Waals surface area contributed by atoms with Gasteiger partial charge >= 0.3 is 0 Å². The van der Waals surface area contributed by atoms with E-state index in [0.29, 0.717) is 0 Å². The topological polar surface area (TPSA) is 79.9 Å². The molecular formula is C11H16N4O. The Morgan fingerprint density at radius 3 is 2.56 bits per heavy atom. The molecule has 0 radical (unpaired) electrons. The number of carbonyl (C=O) groups is 1. The molecule has 1 rings (SSSR count). The largest absolute Gasteiger partial charge is 0.315 e. The predicted octanol–water partition coefficient (Wildman–Crippen LogP) is 0.394. The van der Waals surface area contributed by atoms with Crippen LogP contribution in [-0.2, 0) is 4.79 Å². The monoisotopic (exact) mass is 220 g/mol. The van der Waals surface area contributed by atoms with Crippen LogP contribution < -0.4 is 5.32 Å². The minimum atomic E-state index is -0.218. The van der Waals surface area contributed by atoms with Crippen molar-refractivity contribution in [2.45, 2.75) is 31.7 Å². The van der Waals surface area contributed by atoms with Crippen LogP contribution in [0.1, 0.15) is 25.7 Å². The van der Waals surface area contributed by atoms with Gasteiger partial charge in [0.25, 0.3) is 0 Å². The first kappa shape index (κ1) is 12.5. The lowest BCUT2D eigenvalue weighted by atomic mass is 10.1. The first-order chi connectivity index (χ1) is 7.79. The number of nitrogens with one attached hydrogen (secondary N) is 1. The molecule has 86 valence electrons. The van der Waals surface area contributed by atoms with Crippen molar-refractivity contribution >= 4 is 5.91 Å². The third kappa shape index (κ3) is 3.52. The molecule has 0 aromatic rings. The summed E-state index contributed by atoms with van der Waals surface area (Å²) in [6, 6.07) is 3.61. The van der Waals surface area contributed by atoms with E-state index in [1.807, 2.05) is 12.1 Å². The van der Waals surface area contributed by atoms with Crippen LogP contribution in [0.5, 0.6) is 0 Å². The van der Waals surface area contributed by atoms with Crippen molar-refractivity contribution in [1.82, 2.24) is 10.2 Å². The molecule has 5 nitrogen and oxygen atoms in total. The van der Waals surface area contributed by atoms with E-state index < -0.39 is 0 Å². The Bertz CT molecular complexity index is 291. The summed E-state index contributed by atoms with van der Waals surface area (Å²) in [4.78, 5) is 13.3. The van der Waals surface area contributed by atoms with Gasteiger partial charge in [-0.05, 0) is 19.4 Å². The summed E-state index contributed by atoms with van der Waals surface area (Å²) in [5, 5.41) is 20.4. The fourth-order valence-corrected chi connectivity index (χ4v) is 1.84. The summed E-state index contributed by atoms with van der Waals surface area (Å²) in [6.07, 6.45) is 4.04. The second kappa shape index (κ2) is 6.81. The van der Waals surface area contributed by atoms with Crippen LogP contribution in [0.4, 0.5) is 0 Å². The Labute approximate surface area is 95.6 Å². The second-order valence-electron chi connectivity index (χ2n) is 3.87. The maximum atomic E-state index is 12.0. The highest BCUT2D eigenvalue weighted by atomic mass is 16.2. The zero-order chi connectivity index (χ0) is 11.8. The van der Waals surface area contributed by atoms with E-state index in [1.54, 1.807) is 0 Å². The van der Waals surface area contributed by atoms with Crippen molar-refractivity contribution in [3.63, 3.8) is 0 Å². The van der Waals surface area contributed by atoms with Crippen LogP contribution >= 0.6 is 0 Å². The summed E-state index contributed by atoms with van der Waals surface area (Å²) in [6.45, 7) is 0.818. The lowest BCUT2D eigenvalue weighted by molar-refractivity contribution is -0.132. The first-order valence-electron chi connectivity index (χ1n) is 5.55. The van der Waals surface area contributed by atoms with Gasteiger partial charge in [0, 0.05) is 0 Å². The summed E-state index contributed by atoms with van der Waals surface area (Å²) in [5.41, 5.74) is 0. The molecule has 0 aromatic heterocycles. The highest BCUT2D eigenvalue weighted by molar-refractivity contribution is 5.82. The van der Waals surface area contributed by atoms with Crippen LogP contribution in [-0.4, -0.2) is 36.5 Å². The normalized spacial score (nSPS) is 20.2. The van der Waals surface area contributed by atoms with E-state index in [1.165, 1.54) is 4.90 Å². The van der Waals surface area contributed by atoms with Gasteiger partial charge in [0.1, 0.15) is 13.1 Å². The van der Waals surface area contributed by atoms with E-state index >= 15 is 0 Å². The van der Waals surface area contributed by atoms with E-state index in [9.17, 15) is 4.79 Å². The standard InChI is InChI=1S/C11H16N4O/c12-5-8-15(9-6-13)11(16)10-4-2-1-3-7-14-10/h10,14H,1-4,7-9H2. The van der Waals surface area contributed by atoms with Crippen molar-refractivity contribution in [3.8, 4) is 12.1 Å². The molecule has 0 spiro atoms. The molecule has 1 N–H and O–H groups in total. The third-order valence-electron chi connectivity index (χ3n) is 2.69. The molecule has 0 bridgehead atoms. The number of rotatable bonds is 3. The summed E-state index contributed by atoms with van der Waals surface area (Å²) >= 11 is 0. The van der Waals surface area contributed by atoms with Gasteiger partial charge in [-0.15, -0.1) is 0 Å². The fraction of sp³-hybridized carbons (Fsp3) is 0.727. The quantitative estimate of drug-likeness (QED) is 0.698. The molecule has 1 aliphatic rings. The number of amides is 1. The van der Waals surface area contributed by atoms with Crippen molar-refractivity contribution < 1.29 is 4.79 Å². The molecule has 5 heteroatoms. The van der Waals surface area contributed by atoms with Crippen LogP contribution in [0, 0.1) is 22.7 Å². The van der Waals surface area contributed by atoms with Crippen LogP contribution in [0.25, 0.3) is 0 Å². The molecule has 1 heterocycles. The van der Waals surface area contributed by atoms with E-state index in [-0.39, 0.29) is 25.0 Å². The molecule has 16 heavy (non-hydrogen) atoms. The van der Waals surface area contributed by atoms with Gasteiger partial charge in [0.05, 0.1) is 18.2 Å². The maximum absolute atomic E-state index is 12.0. The minimum absolute atomic E-state index is 0.00935. The molecule has 1 unspecified atom stereocenters. The zero-order valence-electron chi connectivity index (χ0n) is 9.28. The second-order valence-corrected chi connectivity index (χ2v) is 3.87. The van der Waals surface area contributed by atoms with Gasteiger partial charge in [0.15, 0.2) is 0 Å². The average Bonchev–Trinajstić information content (AvgIpc) is 2.56. The summed E-state index contributed by atoms with van der Waals surface area (Å²) in [7, 11) is 0. The highest BCUT2D eigenvalue weighted by Gasteiger charge is 2.24. The van der Waals surface area contributed by atoms with E-state index in [0.717, 1.165) is 32.2 Å². The fourth-order valence-electron chi connectivity index (χ4n) is 1.84.